The van der Waals surface area contributed by atoms with Crippen LogP contribution >= 0.6 is 15.9 Å². The Morgan fingerprint density at radius 3 is 2.85 bits per heavy atom. The number of furan rings is 1. The van der Waals surface area contributed by atoms with Crippen molar-refractivity contribution in [3.8, 4) is 11.8 Å². The first kappa shape index (κ1) is 13.2. The van der Waals surface area contributed by atoms with Crippen LogP contribution in [0.1, 0.15) is 23.8 Å². The normalized spacial score (nSPS) is 22.4. The molecule has 1 aromatic carbocycles. The topological polar surface area (TPSA) is 66.4 Å². The molecule has 4 nitrogen and oxygen atoms in total. The van der Waals surface area contributed by atoms with Crippen molar-refractivity contribution in [2.75, 3.05) is 6.61 Å². The Balaban J connectivity index is 2.15. The van der Waals surface area contributed by atoms with Gasteiger partial charge in [-0.05, 0) is 28.1 Å². The Kier molecular flexibility index (Phi) is 3.28. The summed E-state index contributed by atoms with van der Waals surface area (Å²) in [5.41, 5.74) is -0.362. The van der Waals surface area contributed by atoms with Gasteiger partial charge in [-0.15, -0.1) is 0 Å². The number of halogens is 1. The minimum absolute atomic E-state index is 0.364. The Labute approximate surface area is 124 Å². The molecule has 1 N–H and O–H groups in total. The number of para-hydroxylation sites is 1. The van der Waals surface area contributed by atoms with E-state index in [1.54, 1.807) is 6.07 Å². The van der Waals surface area contributed by atoms with Crippen molar-refractivity contribution in [1.29, 1.82) is 5.26 Å². The molecule has 2 aromatic rings. The van der Waals surface area contributed by atoms with E-state index < -0.39 is 11.5 Å². The third kappa shape index (κ3) is 1.84. The minimum atomic E-state index is -1.06. The number of ether oxygens (including phenoxy) is 1. The van der Waals surface area contributed by atoms with Gasteiger partial charge in [-0.25, -0.2) is 0 Å². The van der Waals surface area contributed by atoms with Crippen molar-refractivity contribution in [3.05, 3.63) is 52.4 Å². The predicted octanol–water partition coefficient (Wildman–Crippen LogP) is 3.32. The molecule has 3 rings (SSSR count). The molecule has 0 spiro atoms. The molecule has 1 aromatic heterocycles. The molecule has 1 aliphatic heterocycles. The van der Waals surface area contributed by atoms with E-state index in [1.807, 2.05) is 24.3 Å². The molecule has 1 aliphatic rings. The summed E-state index contributed by atoms with van der Waals surface area (Å²) in [6.45, 7) is 0.389. The number of nitriles is 1. The number of hydrogen-bond acceptors (Lipinski definition) is 4. The van der Waals surface area contributed by atoms with Crippen LogP contribution in [-0.2, 0) is 5.41 Å². The molecule has 20 heavy (non-hydrogen) atoms. The summed E-state index contributed by atoms with van der Waals surface area (Å²) >= 11 is 3.33. The van der Waals surface area contributed by atoms with Crippen LogP contribution in [0, 0.1) is 11.3 Å². The van der Waals surface area contributed by atoms with E-state index in [4.69, 9.17) is 9.15 Å². The Morgan fingerprint density at radius 2 is 2.15 bits per heavy atom. The maximum Gasteiger partial charge on any atom is 0.148 e. The van der Waals surface area contributed by atoms with Crippen molar-refractivity contribution in [3.63, 3.8) is 0 Å². The summed E-state index contributed by atoms with van der Waals surface area (Å²) in [5, 5.41) is 20.4. The lowest BCUT2D eigenvalue weighted by atomic mass is 9.72. The van der Waals surface area contributed by atoms with Gasteiger partial charge < -0.3 is 14.3 Å². The second-order valence-electron chi connectivity index (χ2n) is 4.71. The third-order valence-corrected chi connectivity index (χ3v) is 4.34. The lowest BCUT2D eigenvalue weighted by Crippen LogP contribution is -2.37. The number of hydrogen-bond donors (Lipinski definition) is 1. The molecule has 0 bridgehead atoms. The summed E-state index contributed by atoms with van der Waals surface area (Å²) in [7, 11) is 0. The van der Waals surface area contributed by atoms with E-state index in [9.17, 15) is 10.4 Å². The second kappa shape index (κ2) is 4.97. The number of aliphatic hydroxyl groups is 1. The summed E-state index contributed by atoms with van der Waals surface area (Å²) < 4.78 is 11.6. The fourth-order valence-electron chi connectivity index (χ4n) is 2.60. The van der Waals surface area contributed by atoms with Gasteiger partial charge in [-0.3, -0.25) is 0 Å². The van der Waals surface area contributed by atoms with E-state index >= 15 is 0 Å². The highest BCUT2D eigenvalue weighted by molar-refractivity contribution is 9.10. The van der Waals surface area contributed by atoms with Gasteiger partial charge in [0.05, 0.1) is 23.4 Å². The Bertz CT molecular complexity index is 676. The van der Waals surface area contributed by atoms with Crippen LogP contribution in [0.15, 0.2) is 45.5 Å². The van der Waals surface area contributed by atoms with Crippen LogP contribution in [0.2, 0.25) is 0 Å². The summed E-state index contributed by atoms with van der Waals surface area (Å²) in [5.74, 6) is 1.00. The summed E-state index contributed by atoms with van der Waals surface area (Å²) in [4.78, 5) is 0. The van der Waals surface area contributed by atoms with E-state index in [-0.39, 0.29) is 0 Å². The standard InChI is InChI=1S/C15H12BrNO3/c16-11-5-7-20-13(11)14(18)15(9-17)6-8-19-12-4-2-1-3-10(12)15/h1-5,7,14,18H,6,8H2. The van der Waals surface area contributed by atoms with Crippen molar-refractivity contribution < 1.29 is 14.3 Å². The third-order valence-electron chi connectivity index (χ3n) is 3.68. The lowest BCUT2D eigenvalue weighted by Gasteiger charge is -2.36. The number of fused-ring (bicyclic) bond motifs is 1. The van der Waals surface area contributed by atoms with Gasteiger partial charge in [0.25, 0.3) is 0 Å². The molecule has 0 saturated heterocycles. The minimum Gasteiger partial charge on any atom is -0.493 e. The maximum atomic E-state index is 10.7. The zero-order valence-electron chi connectivity index (χ0n) is 10.5. The smallest absolute Gasteiger partial charge is 0.148 e. The van der Waals surface area contributed by atoms with E-state index in [1.165, 1.54) is 6.26 Å². The van der Waals surface area contributed by atoms with Crippen LogP contribution in [0.3, 0.4) is 0 Å². The van der Waals surface area contributed by atoms with Crippen LogP contribution < -0.4 is 4.74 Å². The van der Waals surface area contributed by atoms with Crippen LogP contribution in [0.4, 0.5) is 0 Å². The van der Waals surface area contributed by atoms with E-state index in [2.05, 4.69) is 22.0 Å². The zero-order valence-corrected chi connectivity index (χ0v) is 12.1. The fourth-order valence-corrected chi connectivity index (χ4v) is 3.02. The van der Waals surface area contributed by atoms with Crippen LogP contribution in [-0.4, -0.2) is 11.7 Å². The molecule has 0 aliphatic carbocycles. The fraction of sp³-hybridized carbons (Fsp3) is 0.267. The van der Waals surface area contributed by atoms with Crippen LogP contribution in [0.5, 0.6) is 5.75 Å². The molecule has 0 radical (unpaired) electrons. The highest BCUT2D eigenvalue weighted by Crippen LogP contribution is 2.47. The number of aliphatic hydroxyl groups excluding tert-OH is 1. The first-order valence-corrected chi connectivity index (χ1v) is 7.03. The highest BCUT2D eigenvalue weighted by atomic mass is 79.9. The molecule has 102 valence electrons. The molecule has 2 atom stereocenters. The van der Waals surface area contributed by atoms with Crippen molar-refractivity contribution in [2.24, 2.45) is 0 Å². The molecular formula is C15H12BrNO3. The molecule has 0 saturated carbocycles. The number of nitrogens with zero attached hydrogens (tertiary/aromatic N) is 1. The van der Waals surface area contributed by atoms with Gasteiger partial charge >= 0.3 is 0 Å². The lowest BCUT2D eigenvalue weighted by molar-refractivity contribution is 0.0621. The molecule has 2 heterocycles. The first-order valence-electron chi connectivity index (χ1n) is 6.23. The van der Waals surface area contributed by atoms with Gasteiger partial charge in [0, 0.05) is 12.0 Å². The average molecular weight is 334 g/mol. The second-order valence-corrected chi connectivity index (χ2v) is 5.57. The summed E-state index contributed by atoms with van der Waals surface area (Å²) in [6, 6.07) is 11.3. The quantitative estimate of drug-likeness (QED) is 0.915. The van der Waals surface area contributed by atoms with Gasteiger partial charge in [-0.1, -0.05) is 18.2 Å². The Hall–Kier alpha value is -1.77. The Morgan fingerprint density at radius 1 is 1.35 bits per heavy atom. The zero-order chi connectivity index (χ0) is 14.2. The van der Waals surface area contributed by atoms with Crippen molar-refractivity contribution >= 4 is 15.9 Å². The number of benzene rings is 1. The monoisotopic (exact) mass is 333 g/mol. The largest absolute Gasteiger partial charge is 0.493 e. The van der Waals surface area contributed by atoms with E-state index in [0.29, 0.717) is 34.6 Å². The van der Waals surface area contributed by atoms with Gasteiger partial charge in [0.2, 0.25) is 0 Å². The predicted molar refractivity (Wildman–Crippen MR) is 75.2 cm³/mol. The molecule has 0 amide bonds. The highest BCUT2D eigenvalue weighted by Gasteiger charge is 2.47. The SMILES string of the molecule is N#CC1(C(O)c2occc2Br)CCOc2ccccc21. The molecule has 5 heteroatoms. The number of rotatable bonds is 2. The van der Waals surface area contributed by atoms with Crippen molar-refractivity contribution in [2.45, 2.75) is 17.9 Å². The molecule has 2 unspecified atom stereocenters. The van der Waals surface area contributed by atoms with Gasteiger partial charge in [-0.2, -0.15) is 5.26 Å². The van der Waals surface area contributed by atoms with Crippen LogP contribution in [0.25, 0.3) is 0 Å². The summed E-state index contributed by atoms with van der Waals surface area (Å²) in [6.07, 6.45) is 0.843. The molecule has 0 fully saturated rings. The average Bonchev–Trinajstić information content (AvgIpc) is 2.92. The maximum absolute atomic E-state index is 10.7. The van der Waals surface area contributed by atoms with Crippen molar-refractivity contribution in [1.82, 2.24) is 0 Å². The molecular weight excluding hydrogens is 322 g/mol. The van der Waals surface area contributed by atoms with Gasteiger partial charge in [0.1, 0.15) is 23.0 Å². The first-order chi connectivity index (χ1) is 9.69. The van der Waals surface area contributed by atoms with Gasteiger partial charge in [0.15, 0.2) is 0 Å². The van der Waals surface area contributed by atoms with E-state index in [0.717, 1.165) is 0 Å².